The molecule has 4 heteroatoms. The summed E-state index contributed by atoms with van der Waals surface area (Å²) in [7, 11) is 0. The first-order valence-electron chi connectivity index (χ1n) is 5.92. The summed E-state index contributed by atoms with van der Waals surface area (Å²) in [5.74, 6) is 0.483. The highest BCUT2D eigenvalue weighted by Gasteiger charge is 2.21. The van der Waals surface area contributed by atoms with Crippen LogP contribution < -0.4 is 5.32 Å². The van der Waals surface area contributed by atoms with Crippen molar-refractivity contribution in [3.8, 4) is 0 Å². The van der Waals surface area contributed by atoms with Gasteiger partial charge in [-0.1, -0.05) is 25.4 Å². The molecule has 0 saturated carbocycles. The van der Waals surface area contributed by atoms with Crippen LogP contribution in [0.15, 0.2) is 18.5 Å². The number of pyridine rings is 1. The van der Waals surface area contributed by atoms with Crippen molar-refractivity contribution in [2.75, 3.05) is 6.54 Å². The highest BCUT2D eigenvalue weighted by molar-refractivity contribution is 6.31. The molecule has 1 unspecified atom stereocenters. The molecule has 1 rings (SSSR count). The molecule has 0 aliphatic heterocycles. The van der Waals surface area contributed by atoms with Gasteiger partial charge in [0.25, 0.3) is 0 Å². The molecule has 2 N–H and O–H groups in total. The largest absolute Gasteiger partial charge is 0.389 e. The summed E-state index contributed by atoms with van der Waals surface area (Å²) in [6.07, 6.45) is 4.13. The number of hydrogen-bond donors (Lipinski definition) is 2. The molecule has 3 nitrogen and oxygen atoms in total. The minimum Gasteiger partial charge on any atom is -0.389 e. The average Bonchev–Trinajstić information content (AvgIpc) is 2.18. The fourth-order valence-electron chi connectivity index (χ4n) is 1.97. The van der Waals surface area contributed by atoms with Crippen molar-refractivity contribution in [3.63, 3.8) is 0 Å². The van der Waals surface area contributed by atoms with Crippen LogP contribution in [0.25, 0.3) is 0 Å². The van der Waals surface area contributed by atoms with Crippen molar-refractivity contribution >= 4 is 11.6 Å². The van der Waals surface area contributed by atoms with Gasteiger partial charge < -0.3 is 10.4 Å². The first-order valence-corrected chi connectivity index (χ1v) is 6.30. The number of halogens is 1. The molecule has 17 heavy (non-hydrogen) atoms. The van der Waals surface area contributed by atoms with Crippen molar-refractivity contribution in [1.82, 2.24) is 10.3 Å². The third-order valence-electron chi connectivity index (χ3n) is 2.53. The Labute approximate surface area is 108 Å². The average molecular weight is 257 g/mol. The normalized spacial score (nSPS) is 14.9. The maximum atomic E-state index is 10.1. The minimum atomic E-state index is -0.673. The summed E-state index contributed by atoms with van der Waals surface area (Å²) in [5, 5.41) is 14.0. The topological polar surface area (TPSA) is 45.1 Å². The van der Waals surface area contributed by atoms with E-state index in [1.54, 1.807) is 12.4 Å². The summed E-state index contributed by atoms with van der Waals surface area (Å²) in [5.41, 5.74) is 0.329. The maximum absolute atomic E-state index is 10.1. The van der Waals surface area contributed by atoms with Crippen LogP contribution in [0.3, 0.4) is 0 Å². The zero-order valence-electron chi connectivity index (χ0n) is 10.7. The van der Waals surface area contributed by atoms with Crippen molar-refractivity contribution in [2.45, 2.75) is 39.3 Å². The van der Waals surface area contributed by atoms with Gasteiger partial charge in [-0.15, -0.1) is 0 Å². The van der Waals surface area contributed by atoms with Gasteiger partial charge in [0.15, 0.2) is 0 Å². The van der Waals surface area contributed by atoms with E-state index in [4.69, 9.17) is 11.6 Å². The van der Waals surface area contributed by atoms with Gasteiger partial charge >= 0.3 is 0 Å². The third kappa shape index (κ3) is 5.48. The van der Waals surface area contributed by atoms with E-state index < -0.39 is 5.60 Å². The van der Waals surface area contributed by atoms with Gasteiger partial charge in [0.2, 0.25) is 0 Å². The van der Waals surface area contributed by atoms with E-state index in [0.717, 1.165) is 12.0 Å². The molecule has 1 aromatic heterocycles. The van der Waals surface area contributed by atoms with Crippen LogP contribution in [0.2, 0.25) is 5.02 Å². The van der Waals surface area contributed by atoms with Gasteiger partial charge in [-0.25, -0.2) is 0 Å². The van der Waals surface area contributed by atoms with Gasteiger partial charge in [0, 0.05) is 25.5 Å². The Bertz CT molecular complexity index is 353. The summed E-state index contributed by atoms with van der Waals surface area (Å²) >= 11 is 5.99. The van der Waals surface area contributed by atoms with Gasteiger partial charge in [-0.05, 0) is 30.9 Å². The smallest absolute Gasteiger partial charge is 0.0746 e. The highest BCUT2D eigenvalue weighted by atomic mass is 35.5. The lowest BCUT2D eigenvalue weighted by molar-refractivity contribution is 0.0383. The van der Waals surface area contributed by atoms with E-state index in [0.29, 0.717) is 24.0 Å². The number of nitrogens with one attached hydrogen (secondary N) is 1. The first-order chi connectivity index (χ1) is 7.91. The summed E-state index contributed by atoms with van der Waals surface area (Å²) < 4.78 is 0. The molecule has 1 aromatic rings. The van der Waals surface area contributed by atoms with Crippen LogP contribution in [-0.4, -0.2) is 22.2 Å². The molecule has 0 amide bonds. The van der Waals surface area contributed by atoms with E-state index >= 15 is 0 Å². The Morgan fingerprint density at radius 2 is 2.24 bits per heavy atom. The monoisotopic (exact) mass is 256 g/mol. The number of rotatable bonds is 6. The minimum absolute atomic E-state index is 0.483. The lowest BCUT2D eigenvalue weighted by atomic mass is 9.94. The van der Waals surface area contributed by atoms with Crippen LogP contribution in [0, 0.1) is 5.92 Å². The Kier molecular flexibility index (Phi) is 5.37. The standard InChI is InChI=1S/C13H21ClN2O/c1-10(2)6-13(3,17)9-16-7-11-4-5-15-8-12(11)14/h4-5,8,10,16-17H,6-7,9H2,1-3H3. The van der Waals surface area contributed by atoms with E-state index in [-0.39, 0.29) is 0 Å². The maximum Gasteiger partial charge on any atom is 0.0746 e. The fraction of sp³-hybridized carbons (Fsp3) is 0.615. The summed E-state index contributed by atoms with van der Waals surface area (Å²) in [6, 6.07) is 1.88. The van der Waals surface area contributed by atoms with E-state index in [1.165, 1.54) is 0 Å². The number of aromatic nitrogens is 1. The van der Waals surface area contributed by atoms with Gasteiger partial charge in [0.05, 0.1) is 10.6 Å². The molecule has 96 valence electrons. The molecule has 0 fully saturated rings. The van der Waals surface area contributed by atoms with E-state index in [2.05, 4.69) is 24.1 Å². The van der Waals surface area contributed by atoms with Gasteiger partial charge in [-0.2, -0.15) is 0 Å². The number of aliphatic hydroxyl groups is 1. The zero-order valence-corrected chi connectivity index (χ0v) is 11.5. The Hall–Kier alpha value is -0.640. The Morgan fingerprint density at radius 3 is 2.82 bits per heavy atom. The predicted octanol–water partition coefficient (Wildman–Crippen LogP) is 2.62. The molecular formula is C13H21ClN2O. The van der Waals surface area contributed by atoms with Gasteiger partial charge in [0.1, 0.15) is 0 Å². The van der Waals surface area contributed by atoms with Crippen molar-refractivity contribution < 1.29 is 5.11 Å². The molecule has 0 aromatic carbocycles. The van der Waals surface area contributed by atoms with Crippen LogP contribution in [0.1, 0.15) is 32.8 Å². The Balaban J connectivity index is 2.40. The van der Waals surface area contributed by atoms with E-state index in [1.807, 2.05) is 13.0 Å². The molecule has 0 saturated heterocycles. The second kappa shape index (κ2) is 6.34. The first kappa shape index (κ1) is 14.4. The SMILES string of the molecule is CC(C)CC(C)(O)CNCc1ccncc1Cl. The second-order valence-electron chi connectivity index (χ2n) is 5.17. The van der Waals surface area contributed by atoms with Crippen LogP contribution in [-0.2, 0) is 6.54 Å². The fourth-order valence-corrected chi connectivity index (χ4v) is 2.15. The molecule has 1 atom stereocenters. The molecule has 0 aliphatic carbocycles. The number of hydrogen-bond acceptors (Lipinski definition) is 3. The van der Waals surface area contributed by atoms with Crippen LogP contribution >= 0.6 is 11.6 Å². The van der Waals surface area contributed by atoms with E-state index in [9.17, 15) is 5.11 Å². The quantitative estimate of drug-likeness (QED) is 0.823. The van der Waals surface area contributed by atoms with Crippen molar-refractivity contribution in [3.05, 3.63) is 29.0 Å². The molecule has 0 bridgehead atoms. The lowest BCUT2D eigenvalue weighted by Gasteiger charge is -2.25. The lowest BCUT2D eigenvalue weighted by Crippen LogP contribution is -2.38. The highest BCUT2D eigenvalue weighted by Crippen LogP contribution is 2.16. The zero-order chi connectivity index (χ0) is 12.9. The second-order valence-corrected chi connectivity index (χ2v) is 5.57. The molecule has 1 heterocycles. The summed E-state index contributed by atoms with van der Waals surface area (Å²) in [6.45, 7) is 7.27. The molecule has 0 radical (unpaired) electrons. The van der Waals surface area contributed by atoms with Crippen molar-refractivity contribution in [1.29, 1.82) is 0 Å². The van der Waals surface area contributed by atoms with Crippen LogP contribution in [0.5, 0.6) is 0 Å². The molecule has 0 aliphatic rings. The number of nitrogens with zero attached hydrogens (tertiary/aromatic N) is 1. The van der Waals surface area contributed by atoms with Crippen molar-refractivity contribution in [2.24, 2.45) is 5.92 Å². The Morgan fingerprint density at radius 1 is 1.53 bits per heavy atom. The molecule has 0 spiro atoms. The van der Waals surface area contributed by atoms with Gasteiger partial charge in [-0.3, -0.25) is 4.98 Å². The third-order valence-corrected chi connectivity index (χ3v) is 2.87. The summed E-state index contributed by atoms with van der Waals surface area (Å²) in [4.78, 5) is 3.93. The van der Waals surface area contributed by atoms with Crippen LogP contribution in [0.4, 0.5) is 0 Å². The predicted molar refractivity (Wildman–Crippen MR) is 71.0 cm³/mol. The molecular weight excluding hydrogens is 236 g/mol.